The zero-order valence-electron chi connectivity index (χ0n) is 23.3. The molecule has 0 bridgehead atoms. The van der Waals surface area contributed by atoms with Crippen molar-refractivity contribution in [2.24, 2.45) is 22.6 Å². The molecule has 3 N–H and O–H groups in total. The van der Waals surface area contributed by atoms with E-state index in [9.17, 15) is 22.8 Å². The Morgan fingerprint density at radius 2 is 1.93 bits per heavy atom. The quantitative estimate of drug-likeness (QED) is 0.192. The lowest BCUT2D eigenvalue weighted by Gasteiger charge is -2.34. The number of nitrogens with one attached hydrogen (secondary N) is 1. The number of alkyl halides is 3. The molecule has 2 atom stereocenters. The summed E-state index contributed by atoms with van der Waals surface area (Å²) in [5, 5.41) is 13.8. The van der Waals surface area contributed by atoms with Crippen molar-refractivity contribution < 1.29 is 27.5 Å². The van der Waals surface area contributed by atoms with Crippen LogP contribution in [0.15, 0.2) is 52.5 Å². The Morgan fingerprint density at radius 1 is 1.21 bits per heavy atom. The number of thioether (sulfide) groups is 1. The first-order chi connectivity index (χ1) is 19.5. The number of nitrogens with zero attached hydrogens (tertiary/aromatic N) is 3. The second-order valence-electron chi connectivity index (χ2n) is 10.7. The molecule has 222 valence electrons. The number of benzene rings is 2. The molecule has 0 saturated carbocycles. The molecule has 1 aliphatic rings. The molecule has 13 heteroatoms. The lowest BCUT2D eigenvalue weighted by molar-refractivity contribution is -0.138. The summed E-state index contributed by atoms with van der Waals surface area (Å²) in [6, 6.07) is 8.90. The average Bonchev–Trinajstić information content (AvgIpc) is 3.46. The fourth-order valence-electron chi connectivity index (χ4n) is 4.75. The third-order valence-corrected chi connectivity index (χ3v) is 8.66. The molecule has 0 fully saturated rings. The number of carbonyl (C=O) groups is 2. The highest BCUT2D eigenvalue weighted by Crippen LogP contribution is 2.36. The van der Waals surface area contributed by atoms with Crippen molar-refractivity contribution >= 4 is 63.1 Å². The van der Waals surface area contributed by atoms with E-state index >= 15 is 0 Å². The molecule has 0 radical (unpaired) electrons. The van der Waals surface area contributed by atoms with Gasteiger partial charge in [-0.2, -0.15) is 23.3 Å². The normalized spacial score (nSPS) is 16.5. The molecule has 3 aromatic rings. The van der Waals surface area contributed by atoms with Gasteiger partial charge in [0.15, 0.2) is 0 Å². The molecule has 0 saturated heterocycles. The number of fused-ring (bicyclic) bond motifs is 1. The van der Waals surface area contributed by atoms with Crippen LogP contribution in [0.5, 0.6) is 0 Å². The van der Waals surface area contributed by atoms with Crippen LogP contribution in [-0.2, 0) is 22.3 Å². The van der Waals surface area contributed by atoms with E-state index in [2.05, 4.69) is 10.1 Å². The summed E-state index contributed by atoms with van der Waals surface area (Å²) >= 11 is 6.90. The van der Waals surface area contributed by atoms with Gasteiger partial charge in [-0.25, -0.2) is 4.79 Å². The van der Waals surface area contributed by atoms with Crippen LogP contribution in [-0.4, -0.2) is 38.1 Å². The van der Waals surface area contributed by atoms with Gasteiger partial charge in [-0.1, -0.05) is 49.3 Å². The van der Waals surface area contributed by atoms with Crippen LogP contribution in [0.2, 0.25) is 5.02 Å². The fraction of sp³-hybridized carbons (Fsp3) is 0.345. The van der Waals surface area contributed by atoms with E-state index in [4.69, 9.17) is 27.5 Å². The predicted octanol–water partition coefficient (Wildman–Crippen LogP) is 7.33. The second-order valence-corrected chi connectivity index (χ2v) is 12.2. The van der Waals surface area contributed by atoms with Crippen molar-refractivity contribution in [2.45, 2.75) is 52.4 Å². The number of primary amides is 1. The summed E-state index contributed by atoms with van der Waals surface area (Å²) in [7, 11) is 0. The SMILES string of the molecule is CC(CC(=N)C1=NC(=O)C(=Cc2ccc3c(cnn3Cc3ccc(Cl)cc3C(F)(F)F)c2)S1)C(C)C(C)(C)OC(N)=O. The summed E-state index contributed by atoms with van der Waals surface area (Å²) in [5.74, 6) is -0.663. The van der Waals surface area contributed by atoms with E-state index in [1.807, 2.05) is 13.8 Å². The van der Waals surface area contributed by atoms with E-state index in [1.54, 1.807) is 44.3 Å². The van der Waals surface area contributed by atoms with Gasteiger partial charge in [0.05, 0.1) is 34.4 Å². The Morgan fingerprint density at radius 3 is 2.60 bits per heavy atom. The standard InChI is InChI=1S/C29H29ClF3N5O3S/c1-15(16(2)28(3,4)41-27(35)40)9-22(34)26-37-25(39)24(42-26)11-17-5-8-23-19(10-17)13-36-38(23)14-18-6-7-20(30)12-21(18)29(31,32)33/h5-8,10-13,15-16,34H,9,14H2,1-4H3,(H2,35,40). The minimum Gasteiger partial charge on any atom is -0.443 e. The first-order valence-electron chi connectivity index (χ1n) is 12.9. The number of rotatable bonds is 9. The zero-order valence-corrected chi connectivity index (χ0v) is 24.8. The Labute approximate surface area is 249 Å². The highest BCUT2D eigenvalue weighted by atomic mass is 35.5. The molecule has 2 aromatic carbocycles. The van der Waals surface area contributed by atoms with Crippen LogP contribution < -0.4 is 5.73 Å². The molecule has 8 nitrogen and oxygen atoms in total. The van der Waals surface area contributed by atoms with Crippen LogP contribution in [0.3, 0.4) is 0 Å². The molecule has 0 aliphatic carbocycles. The van der Waals surface area contributed by atoms with Crippen molar-refractivity contribution in [1.82, 2.24) is 9.78 Å². The van der Waals surface area contributed by atoms with Crippen molar-refractivity contribution in [2.75, 3.05) is 0 Å². The number of halogens is 4. The van der Waals surface area contributed by atoms with Crippen molar-refractivity contribution in [3.63, 3.8) is 0 Å². The first-order valence-corrected chi connectivity index (χ1v) is 14.1. The van der Waals surface area contributed by atoms with E-state index in [0.717, 1.165) is 17.8 Å². The number of amides is 2. The maximum absolute atomic E-state index is 13.5. The van der Waals surface area contributed by atoms with E-state index in [1.165, 1.54) is 16.8 Å². The Hall–Kier alpha value is -3.64. The number of ether oxygens (including phenoxy) is 1. The smallest absolute Gasteiger partial charge is 0.416 e. The van der Waals surface area contributed by atoms with E-state index < -0.39 is 29.3 Å². The largest absolute Gasteiger partial charge is 0.443 e. The summed E-state index contributed by atoms with van der Waals surface area (Å²) in [6.45, 7) is 7.24. The van der Waals surface area contributed by atoms with Gasteiger partial charge in [-0.15, -0.1) is 0 Å². The monoisotopic (exact) mass is 619 g/mol. The molecule has 1 aliphatic heterocycles. The van der Waals surface area contributed by atoms with Gasteiger partial charge in [0.25, 0.3) is 5.91 Å². The summed E-state index contributed by atoms with van der Waals surface area (Å²) in [4.78, 5) is 28.3. The van der Waals surface area contributed by atoms with E-state index in [-0.39, 0.29) is 34.7 Å². The first kappa shape index (κ1) is 31.3. The summed E-state index contributed by atoms with van der Waals surface area (Å²) < 4.78 is 47.3. The number of carbonyl (C=O) groups excluding carboxylic acids is 2. The Balaban J connectivity index is 1.47. The van der Waals surface area contributed by atoms with Gasteiger partial charge < -0.3 is 15.9 Å². The molecule has 1 aromatic heterocycles. The molecule has 2 heterocycles. The molecule has 2 unspecified atom stereocenters. The predicted molar refractivity (Wildman–Crippen MR) is 159 cm³/mol. The van der Waals surface area contributed by atoms with Crippen LogP contribution in [0.25, 0.3) is 17.0 Å². The highest BCUT2D eigenvalue weighted by Gasteiger charge is 2.35. The minimum atomic E-state index is -4.56. The summed E-state index contributed by atoms with van der Waals surface area (Å²) in [6.07, 6.45) is -1.91. The van der Waals surface area contributed by atoms with Gasteiger partial charge in [0.1, 0.15) is 10.6 Å². The van der Waals surface area contributed by atoms with Gasteiger partial charge in [0.2, 0.25) is 0 Å². The average molecular weight is 620 g/mol. The number of nitrogens with two attached hydrogens (primary N) is 1. The maximum Gasteiger partial charge on any atom is 0.416 e. The number of aliphatic imine (C=N–C) groups is 1. The van der Waals surface area contributed by atoms with Gasteiger partial charge >= 0.3 is 12.3 Å². The van der Waals surface area contributed by atoms with Crippen molar-refractivity contribution in [1.29, 1.82) is 5.41 Å². The molecular weight excluding hydrogens is 591 g/mol. The van der Waals surface area contributed by atoms with Gasteiger partial charge in [-0.05, 0) is 73.6 Å². The Bertz CT molecular complexity index is 1630. The van der Waals surface area contributed by atoms with Crippen LogP contribution in [0.1, 0.15) is 50.8 Å². The number of hydrogen-bond acceptors (Lipinski definition) is 6. The van der Waals surface area contributed by atoms with Crippen molar-refractivity contribution in [3.8, 4) is 0 Å². The Kier molecular flexibility index (Phi) is 8.89. The van der Waals surface area contributed by atoms with E-state index in [0.29, 0.717) is 32.8 Å². The van der Waals surface area contributed by atoms with Gasteiger partial charge in [-0.3, -0.25) is 9.48 Å². The summed E-state index contributed by atoms with van der Waals surface area (Å²) in [5.41, 5.74) is 5.07. The van der Waals surface area contributed by atoms with Crippen LogP contribution in [0.4, 0.5) is 18.0 Å². The molecule has 4 rings (SSSR count). The van der Waals surface area contributed by atoms with Crippen molar-refractivity contribution in [3.05, 3.63) is 69.2 Å². The lowest BCUT2D eigenvalue weighted by atomic mass is 9.80. The zero-order chi connectivity index (χ0) is 31.0. The van der Waals surface area contributed by atoms with Gasteiger partial charge in [0, 0.05) is 10.4 Å². The topological polar surface area (TPSA) is 123 Å². The highest BCUT2D eigenvalue weighted by molar-refractivity contribution is 8.20. The third kappa shape index (κ3) is 7.04. The number of hydrogen-bond donors (Lipinski definition) is 2. The molecule has 2 amide bonds. The van der Waals surface area contributed by atoms with Crippen LogP contribution >= 0.6 is 23.4 Å². The second kappa shape index (κ2) is 11.9. The van der Waals surface area contributed by atoms with Crippen LogP contribution in [0, 0.1) is 17.2 Å². The lowest BCUT2D eigenvalue weighted by Crippen LogP contribution is -2.40. The number of aromatic nitrogens is 2. The minimum absolute atomic E-state index is 0.00139. The maximum atomic E-state index is 13.5. The molecule has 42 heavy (non-hydrogen) atoms. The third-order valence-electron chi connectivity index (χ3n) is 7.38. The fourth-order valence-corrected chi connectivity index (χ4v) is 5.79. The molecular formula is C29H29ClF3N5O3S. The molecule has 0 spiro atoms.